The van der Waals surface area contributed by atoms with E-state index >= 15 is 0 Å². The van der Waals surface area contributed by atoms with Crippen LogP contribution in [0, 0.1) is 0 Å². The highest BCUT2D eigenvalue weighted by Gasteiger charge is 2.32. The molecule has 1 aliphatic rings. The molecule has 0 aliphatic carbocycles. The van der Waals surface area contributed by atoms with Gasteiger partial charge < -0.3 is 4.90 Å². The Kier molecular flexibility index (Phi) is 3.99. The second-order valence-electron chi connectivity index (χ2n) is 2.57. The van der Waals surface area contributed by atoms with Crippen LogP contribution in [0.2, 0.25) is 0 Å². The first-order valence-electron chi connectivity index (χ1n) is 3.43. The average Bonchev–Trinajstić information content (AvgIpc) is 2.32. The quantitative estimate of drug-likeness (QED) is 0.319. The van der Waals surface area contributed by atoms with Gasteiger partial charge in [-0.2, -0.15) is 0 Å². The topological polar surface area (TPSA) is 75.4 Å². The van der Waals surface area contributed by atoms with Gasteiger partial charge in [0.05, 0.1) is 0 Å². The maximum atomic E-state index is 10.9. The number of hydrazine groups is 1. The number of nitrogens with one attached hydrogen (secondary N) is 1. The molecule has 0 aromatic heterocycles. The molecule has 0 radical (unpaired) electrons. The van der Waals surface area contributed by atoms with Gasteiger partial charge in [-0.3, -0.25) is 15.0 Å². The summed E-state index contributed by atoms with van der Waals surface area (Å²) in [5, 5.41) is 0. The van der Waals surface area contributed by atoms with E-state index in [9.17, 15) is 9.59 Å². The Balaban J connectivity index is 0.00000121. The smallest absolute Gasteiger partial charge is 0.256 e. The number of hydrogen-bond acceptors (Lipinski definition) is 3. The number of rotatable bonds is 1. The third kappa shape index (κ3) is 1.86. The molecule has 0 spiro atoms. The van der Waals surface area contributed by atoms with Crippen LogP contribution in [0.15, 0.2) is 0 Å². The number of nitrogens with two attached hydrogens (primary N) is 1. The molecule has 1 heterocycles. The standard InChI is InChI=1S/C6H11N3O2.ClH/c1-9-4(6(11)8-7)2-3-5(9)10;/h4H,2-3,7H2,1H3,(H,8,11);1H. The van der Waals surface area contributed by atoms with E-state index < -0.39 is 0 Å². The predicted octanol–water partition coefficient (Wildman–Crippen LogP) is -0.981. The van der Waals surface area contributed by atoms with Crippen LogP contribution >= 0.6 is 12.4 Å². The number of halogens is 1. The van der Waals surface area contributed by atoms with Crippen LogP contribution in [-0.4, -0.2) is 29.8 Å². The molecule has 1 fully saturated rings. The van der Waals surface area contributed by atoms with Crippen molar-refractivity contribution in [3.05, 3.63) is 0 Å². The van der Waals surface area contributed by atoms with Gasteiger partial charge in [-0.15, -0.1) is 12.4 Å². The minimum absolute atomic E-state index is 0. The van der Waals surface area contributed by atoms with Gasteiger partial charge in [0.2, 0.25) is 5.91 Å². The zero-order valence-corrected chi connectivity index (χ0v) is 7.56. The summed E-state index contributed by atoms with van der Waals surface area (Å²) in [5.41, 5.74) is 2.03. The van der Waals surface area contributed by atoms with Crippen LogP contribution in [0.4, 0.5) is 0 Å². The molecule has 1 aliphatic heterocycles. The zero-order valence-electron chi connectivity index (χ0n) is 6.74. The molecule has 3 N–H and O–H groups in total. The molecule has 1 rings (SSSR count). The highest BCUT2D eigenvalue weighted by atomic mass is 35.5. The molecule has 1 atom stereocenters. The van der Waals surface area contributed by atoms with Crippen LogP contribution in [0.3, 0.4) is 0 Å². The molecule has 5 nitrogen and oxygen atoms in total. The van der Waals surface area contributed by atoms with Crippen molar-refractivity contribution in [1.82, 2.24) is 10.3 Å². The van der Waals surface area contributed by atoms with Gasteiger partial charge in [0.25, 0.3) is 5.91 Å². The van der Waals surface area contributed by atoms with E-state index in [2.05, 4.69) is 0 Å². The molecule has 2 amide bonds. The Morgan fingerprint density at radius 2 is 2.33 bits per heavy atom. The largest absolute Gasteiger partial charge is 0.334 e. The molecular weight excluding hydrogens is 182 g/mol. The number of amides is 2. The van der Waals surface area contributed by atoms with Crippen LogP contribution in [0.25, 0.3) is 0 Å². The predicted molar refractivity (Wildman–Crippen MR) is 45.4 cm³/mol. The maximum Gasteiger partial charge on any atom is 0.256 e. The van der Waals surface area contributed by atoms with Gasteiger partial charge in [0, 0.05) is 13.5 Å². The highest BCUT2D eigenvalue weighted by Crippen LogP contribution is 2.15. The van der Waals surface area contributed by atoms with E-state index in [4.69, 9.17) is 5.84 Å². The summed E-state index contributed by atoms with van der Waals surface area (Å²) in [5.74, 6) is 4.63. The van der Waals surface area contributed by atoms with E-state index in [-0.39, 0.29) is 30.3 Å². The first-order valence-corrected chi connectivity index (χ1v) is 3.43. The Bertz CT molecular complexity index is 197. The third-order valence-corrected chi connectivity index (χ3v) is 1.94. The lowest BCUT2D eigenvalue weighted by atomic mass is 10.2. The molecule has 0 aromatic carbocycles. The maximum absolute atomic E-state index is 10.9. The normalized spacial score (nSPS) is 22.0. The molecule has 12 heavy (non-hydrogen) atoms. The Morgan fingerprint density at radius 1 is 1.75 bits per heavy atom. The number of hydrogen-bond donors (Lipinski definition) is 2. The van der Waals surface area contributed by atoms with E-state index in [1.165, 1.54) is 4.90 Å². The Morgan fingerprint density at radius 3 is 2.67 bits per heavy atom. The first kappa shape index (κ1) is 11.2. The van der Waals surface area contributed by atoms with Gasteiger partial charge in [0.1, 0.15) is 6.04 Å². The van der Waals surface area contributed by atoms with Gasteiger partial charge in [-0.05, 0) is 6.42 Å². The van der Waals surface area contributed by atoms with E-state index in [0.717, 1.165) is 0 Å². The fourth-order valence-corrected chi connectivity index (χ4v) is 1.21. The van der Waals surface area contributed by atoms with Crippen LogP contribution in [0.1, 0.15) is 12.8 Å². The summed E-state index contributed by atoms with van der Waals surface area (Å²) in [6.07, 6.45) is 1.01. The van der Waals surface area contributed by atoms with Crippen LogP contribution < -0.4 is 11.3 Å². The molecule has 0 saturated carbocycles. The van der Waals surface area contributed by atoms with E-state index in [1.807, 2.05) is 5.43 Å². The molecule has 6 heteroatoms. The summed E-state index contributed by atoms with van der Waals surface area (Å²) in [4.78, 5) is 23.3. The average molecular weight is 194 g/mol. The van der Waals surface area contributed by atoms with E-state index in [1.54, 1.807) is 7.05 Å². The van der Waals surface area contributed by atoms with Crippen molar-refractivity contribution in [3.63, 3.8) is 0 Å². The van der Waals surface area contributed by atoms with Gasteiger partial charge in [-0.1, -0.05) is 0 Å². The van der Waals surface area contributed by atoms with Gasteiger partial charge >= 0.3 is 0 Å². The fraction of sp³-hybridized carbons (Fsp3) is 0.667. The molecule has 1 unspecified atom stereocenters. The Labute approximate surface area is 76.7 Å². The summed E-state index contributed by atoms with van der Waals surface area (Å²) in [6, 6.07) is -0.368. The molecule has 0 aromatic rings. The molecular formula is C6H12ClN3O2. The number of nitrogens with zero attached hydrogens (tertiary/aromatic N) is 1. The zero-order chi connectivity index (χ0) is 8.43. The molecule has 1 saturated heterocycles. The summed E-state index contributed by atoms with van der Waals surface area (Å²) in [7, 11) is 1.61. The number of likely N-dealkylation sites (N-methyl/N-ethyl adjacent to an activating group) is 1. The van der Waals surface area contributed by atoms with Gasteiger partial charge in [0.15, 0.2) is 0 Å². The van der Waals surface area contributed by atoms with Crippen LogP contribution in [-0.2, 0) is 9.59 Å². The van der Waals surface area contributed by atoms with Crippen molar-refractivity contribution in [2.45, 2.75) is 18.9 Å². The SMILES string of the molecule is CN1C(=O)CCC1C(=O)NN.Cl. The van der Waals surface area contributed by atoms with Crippen molar-refractivity contribution < 1.29 is 9.59 Å². The summed E-state index contributed by atoms with van der Waals surface area (Å²) in [6.45, 7) is 0. The lowest BCUT2D eigenvalue weighted by molar-refractivity contribution is -0.133. The lowest BCUT2D eigenvalue weighted by Gasteiger charge is -2.17. The van der Waals surface area contributed by atoms with Crippen molar-refractivity contribution in [2.24, 2.45) is 5.84 Å². The number of carbonyl (C=O) groups is 2. The Hall–Kier alpha value is -0.810. The first-order chi connectivity index (χ1) is 5.16. The third-order valence-electron chi connectivity index (χ3n) is 1.94. The number of likely N-dealkylation sites (tertiary alicyclic amines) is 1. The van der Waals surface area contributed by atoms with Crippen molar-refractivity contribution >= 4 is 24.2 Å². The molecule has 0 bridgehead atoms. The van der Waals surface area contributed by atoms with Crippen molar-refractivity contribution in [1.29, 1.82) is 0 Å². The minimum Gasteiger partial charge on any atom is -0.334 e. The fourth-order valence-electron chi connectivity index (χ4n) is 1.21. The van der Waals surface area contributed by atoms with Gasteiger partial charge in [-0.25, -0.2) is 5.84 Å². The highest BCUT2D eigenvalue weighted by molar-refractivity contribution is 5.90. The lowest BCUT2D eigenvalue weighted by Crippen LogP contribution is -2.45. The number of carbonyl (C=O) groups excluding carboxylic acids is 2. The second kappa shape index (κ2) is 4.27. The summed E-state index contributed by atoms with van der Waals surface area (Å²) < 4.78 is 0. The van der Waals surface area contributed by atoms with E-state index in [0.29, 0.717) is 12.8 Å². The molecule has 70 valence electrons. The van der Waals surface area contributed by atoms with Crippen molar-refractivity contribution in [3.8, 4) is 0 Å². The minimum atomic E-state index is -0.368. The second-order valence-corrected chi connectivity index (χ2v) is 2.57. The van der Waals surface area contributed by atoms with Crippen LogP contribution in [0.5, 0.6) is 0 Å². The van der Waals surface area contributed by atoms with Crippen molar-refractivity contribution in [2.75, 3.05) is 7.05 Å². The monoisotopic (exact) mass is 193 g/mol. The summed E-state index contributed by atoms with van der Waals surface area (Å²) >= 11 is 0.